The van der Waals surface area contributed by atoms with Crippen LogP contribution in [-0.2, 0) is 10.2 Å². The number of benzene rings is 1. The number of amides is 1. The van der Waals surface area contributed by atoms with Crippen molar-refractivity contribution in [2.24, 2.45) is 0 Å². The largest absolute Gasteiger partial charge is 0.375 e. The molecule has 2 rings (SSSR count). The van der Waals surface area contributed by atoms with Gasteiger partial charge in [-0.2, -0.15) is 0 Å². The molecule has 1 amide bonds. The molecule has 3 nitrogen and oxygen atoms in total. The fourth-order valence-electron chi connectivity index (χ4n) is 2.50. The molecule has 0 aliphatic carbocycles. The molecule has 20 heavy (non-hydrogen) atoms. The van der Waals surface area contributed by atoms with E-state index in [2.05, 4.69) is 32.9 Å². The Morgan fingerprint density at radius 2 is 1.80 bits per heavy atom. The number of hydrogen-bond acceptors (Lipinski definition) is 2. The fourth-order valence-corrected chi connectivity index (χ4v) is 2.50. The van der Waals surface area contributed by atoms with E-state index in [1.165, 1.54) is 5.56 Å². The average Bonchev–Trinajstić information content (AvgIpc) is 2.40. The van der Waals surface area contributed by atoms with Gasteiger partial charge in [0.05, 0.1) is 18.8 Å². The Labute approximate surface area is 121 Å². The zero-order chi connectivity index (χ0) is 14.9. The molecule has 1 fully saturated rings. The third-order valence-corrected chi connectivity index (χ3v) is 4.14. The summed E-state index contributed by atoms with van der Waals surface area (Å²) >= 11 is 0. The topological polar surface area (TPSA) is 29.5 Å². The van der Waals surface area contributed by atoms with Crippen LogP contribution in [0.3, 0.4) is 0 Å². The zero-order valence-electron chi connectivity index (χ0n) is 13.1. The summed E-state index contributed by atoms with van der Waals surface area (Å²) in [6, 6.07) is 8.12. The normalized spacial score (nSPS) is 23.8. The van der Waals surface area contributed by atoms with Gasteiger partial charge in [0, 0.05) is 12.1 Å². The second-order valence-corrected chi connectivity index (χ2v) is 6.64. The molecule has 1 heterocycles. The maximum absolute atomic E-state index is 12.6. The van der Waals surface area contributed by atoms with Gasteiger partial charge in [-0.15, -0.1) is 0 Å². The number of ether oxygens (including phenoxy) is 1. The van der Waals surface area contributed by atoms with E-state index in [9.17, 15) is 4.79 Å². The van der Waals surface area contributed by atoms with Crippen LogP contribution in [-0.4, -0.2) is 36.1 Å². The fraction of sp³-hybridized carbons (Fsp3) is 0.588. The second kappa shape index (κ2) is 5.57. The molecule has 0 N–H and O–H groups in total. The van der Waals surface area contributed by atoms with Crippen LogP contribution in [0.15, 0.2) is 24.3 Å². The lowest BCUT2D eigenvalue weighted by molar-refractivity contribution is -0.0440. The predicted octanol–water partition coefficient (Wildman–Crippen LogP) is 3.23. The summed E-state index contributed by atoms with van der Waals surface area (Å²) in [6.07, 6.45) is 0.0987. The summed E-state index contributed by atoms with van der Waals surface area (Å²) in [7, 11) is 0. The molecule has 0 saturated carbocycles. The molecule has 2 atom stereocenters. The van der Waals surface area contributed by atoms with Crippen LogP contribution in [0.5, 0.6) is 0 Å². The first-order valence-corrected chi connectivity index (χ1v) is 7.34. The third-order valence-electron chi connectivity index (χ3n) is 4.14. The number of rotatable bonds is 1. The number of carbonyl (C=O) groups excluding carboxylic acids is 1. The lowest BCUT2D eigenvalue weighted by Gasteiger charge is -2.38. The van der Waals surface area contributed by atoms with E-state index < -0.39 is 0 Å². The van der Waals surface area contributed by atoms with Crippen LogP contribution in [0.4, 0.5) is 0 Å². The van der Waals surface area contributed by atoms with Crippen molar-refractivity contribution in [3.63, 3.8) is 0 Å². The first-order chi connectivity index (χ1) is 9.30. The number of nitrogens with zero attached hydrogens (tertiary/aromatic N) is 1. The van der Waals surface area contributed by atoms with E-state index in [-0.39, 0.29) is 23.5 Å². The van der Waals surface area contributed by atoms with Crippen molar-refractivity contribution >= 4 is 5.91 Å². The van der Waals surface area contributed by atoms with Gasteiger partial charge in [0.1, 0.15) is 0 Å². The molecular formula is C17H25NO2. The minimum atomic E-state index is 0.0987. The van der Waals surface area contributed by atoms with Crippen molar-refractivity contribution in [2.75, 3.05) is 13.2 Å². The highest BCUT2D eigenvalue weighted by Gasteiger charge is 2.29. The van der Waals surface area contributed by atoms with Gasteiger partial charge in [0.25, 0.3) is 5.91 Å². The molecule has 110 valence electrons. The molecule has 0 radical (unpaired) electrons. The van der Waals surface area contributed by atoms with Crippen molar-refractivity contribution < 1.29 is 9.53 Å². The third kappa shape index (κ3) is 3.04. The van der Waals surface area contributed by atoms with Crippen LogP contribution in [0, 0.1) is 0 Å². The van der Waals surface area contributed by atoms with Gasteiger partial charge in [0.2, 0.25) is 0 Å². The van der Waals surface area contributed by atoms with E-state index in [1.807, 2.05) is 30.9 Å². The van der Waals surface area contributed by atoms with Crippen molar-refractivity contribution in [3.05, 3.63) is 35.4 Å². The van der Waals surface area contributed by atoms with E-state index in [4.69, 9.17) is 4.74 Å². The number of carbonyl (C=O) groups is 1. The van der Waals surface area contributed by atoms with Gasteiger partial charge < -0.3 is 9.64 Å². The lowest BCUT2D eigenvalue weighted by atomic mass is 9.86. The Hall–Kier alpha value is -1.35. The number of morpholine rings is 1. The molecule has 2 unspecified atom stereocenters. The van der Waals surface area contributed by atoms with Crippen LogP contribution in [0.1, 0.15) is 50.5 Å². The molecule has 1 aromatic carbocycles. The predicted molar refractivity (Wildman–Crippen MR) is 81.1 cm³/mol. The Morgan fingerprint density at radius 3 is 2.35 bits per heavy atom. The molecule has 0 spiro atoms. The van der Waals surface area contributed by atoms with Gasteiger partial charge in [-0.3, -0.25) is 4.79 Å². The first kappa shape index (κ1) is 15.0. The average molecular weight is 275 g/mol. The van der Waals surface area contributed by atoms with Crippen LogP contribution < -0.4 is 0 Å². The standard InChI is InChI=1S/C17H25NO2/c1-12-13(2)20-11-10-18(12)16(19)14-6-8-15(9-7-14)17(3,4)5/h6-9,12-13H,10-11H2,1-5H3. The van der Waals surface area contributed by atoms with Crippen LogP contribution >= 0.6 is 0 Å². The molecule has 3 heteroatoms. The summed E-state index contributed by atoms with van der Waals surface area (Å²) in [5, 5.41) is 0. The summed E-state index contributed by atoms with van der Waals surface area (Å²) in [5.74, 6) is 0.105. The Kier molecular flexibility index (Phi) is 4.19. The Bertz CT molecular complexity index is 473. The maximum atomic E-state index is 12.6. The van der Waals surface area contributed by atoms with Crippen molar-refractivity contribution in [2.45, 2.75) is 52.2 Å². The minimum absolute atomic E-state index is 0.0987. The molecule has 0 aromatic heterocycles. The summed E-state index contributed by atoms with van der Waals surface area (Å²) in [6.45, 7) is 11.9. The van der Waals surface area contributed by atoms with E-state index >= 15 is 0 Å². The monoisotopic (exact) mass is 275 g/mol. The summed E-state index contributed by atoms with van der Waals surface area (Å²) < 4.78 is 5.58. The van der Waals surface area contributed by atoms with Gasteiger partial charge >= 0.3 is 0 Å². The van der Waals surface area contributed by atoms with Crippen LogP contribution in [0.25, 0.3) is 0 Å². The second-order valence-electron chi connectivity index (χ2n) is 6.64. The van der Waals surface area contributed by atoms with E-state index in [0.29, 0.717) is 13.2 Å². The quantitative estimate of drug-likeness (QED) is 0.787. The highest BCUT2D eigenvalue weighted by atomic mass is 16.5. The van der Waals surface area contributed by atoms with Gasteiger partial charge in [-0.25, -0.2) is 0 Å². The van der Waals surface area contributed by atoms with Gasteiger partial charge in [0.15, 0.2) is 0 Å². The molecule has 1 saturated heterocycles. The van der Waals surface area contributed by atoms with Crippen LogP contribution in [0.2, 0.25) is 0 Å². The maximum Gasteiger partial charge on any atom is 0.254 e. The van der Waals surface area contributed by atoms with E-state index in [0.717, 1.165) is 5.56 Å². The Morgan fingerprint density at radius 1 is 1.20 bits per heavy atom. The number of hydrogen-bond donors (Lipinski definition) is 0. The summed E-state index contributed by atoms with van der Waals surface area (Å²) in [4.78, 5) is 14.5. The highest BCUT2D eigenvalue weighted by Crippen LogP contribution is 2.23. The zero-order valence-corrected chi connectivity index (χ0v) is 13.1. The van der Waals surface area contributed by atoms with Crippen molar-refractivity contribution in [1.82, 2.24) is 4.90 Å². The SMILES string of the molecule is CC1OCCN(C(=O)c2ccc(C(C)(C)C)cc2)C1C. The molecular weight excluding hydrogens is 250 g/mol. The summed E-state index contributed by atoms with van der Waals surface area (Å²) in [5.41, 5.74) is 2.12. The highest BCUT2D eigenvalue weighted by molar-refractivity contribution is 5.94. The van der Waals surface area contributed by atoms with Crippen molar-refractivity contribution in [1.29, 1.82) is 0 Å². The molecule has 1 aliphatic heterocycles. The minimum Gasteiger partial charge on any atom is -0.375 e. The van der Waals surface area contributed by atoms with E-state index in [1.54, 1.807) is 0 Å². The molecule has 1 aliphatic rings. The first-order valence-electron chi connectivity index (χ1n) is 7.34. The Balaban J connectivity index is 2.17. The van der Waals surface area contributed by atoms with Gasteiger partial charge in [-0.05, 0) is 37.0 Å². The lowest BCUT2D eigenvalue weighted by Crippen LogP contribution is -2.51. The smallest absolute Gasteiger partial charge is 0.254 e. The van der Waals surface area contributed by atoms with Gasteiger partial charge in [-0.1, -0.05) is 32.9 Å². The molecule has 0 bridgehead atoms. The van der Waals surface area contributed by atoms with Crippen molar-refractivity contribution in [3.8, 4) is 0 Å². The molecule has 1 aromatic rings.